The average molecular weight is 521 g/mol. The molecule has 4 rings (SSSR count). The number of carboxylic acids is 1. The average Bonchev–Trinajstić information content (AvgIpc) is 3.60. The highest BCUT2D eigenvalue weighted by Crippen LogP contribution is 2.42. The number of carbonyl (C=O) groups excluding carboxylic acids is 3. The normalized spacial score (nSPS) is 19.1. The molecule has 38 heavy (non-hydrogen) atoms. The summed E-state index contributed by atoms with van der Waals surface area (Å²) in [5, 5.41) is 12.6. The van der Waals surface area contributed by atoms with Gasteiger partial charge in [0.05, 0.1) is 18.4 Å². The van der Waals surface area contributed by atoms with Crippen molar-refractivity contribution in [2.75, 3.05) is 13.2 Å². The Morgan fingerprint density at radius 2 is 1.66 bits per heavy atom. The lowest BCUT2D eigenvalue weighted by atomic mass is 9.81. The number of benzene rings is 2. The third-order valence-electron chi connectivity index (χ3n) is 7.76. The Kier molecular flexibility index (Phi) is 8.81. The minimum absolute atomic E-state index is 0.0270. The second kappa shape index (κ2) is 12.2. The van der Waals surface area contributed by atoms with Crippen molar-refractivity contribution in [2.45, 2.75) is 70.4 Å². The van der Waals surface area contributed by atoms with Crippen molar-refractivity contribution in [3.63, 3.8) is 0 Å². The Morgan fingerprint density at radius 3 is 2.29 bits per heavy atom. The molecule has 2 aromatic carbocycles. The third kappa shape index (κ3) is 6.23. The van der Waals surface area contributed by atoms with Gasteiger partial charge in [-0.05, 0) is 49.3 Å². The van der Waals surface area contributed by atoms with E-state index in [1.165, 1.54) is 4.90 Å². The highest BCUT2D eigenvalue weighted by Gasteiger charge is 2.45. The molecule has 0 radical (unpaired) electrons. The number of carboxylic acid groups (broad SMARTS) is 1. The SMILES string of the molecule is CCOC(=O)CC1(C(=O)N[C@@H](Cc2ccc(-c3ccccc3)cc2)C(=O)N2CCCC2C(=O)O)CCCC1. The van der Waals surface area contributed by atoms with E-state index in [1.54, 1.807) is 6.92 Å². The number of aliphatic carboxylic acids is 1. The van der Waals surface area contributed by atoms with Gasteiger partial charge in [-0.3, -0.25) is 14.4 Å². The van der Waals surface area contributed by atoms with Crippen molar-refractivity contribution in [2.24, 2.45) is 5.41 Å². The molecule has 2 aliphatic rings. The van der Waals surface area contributed by atoms with E-state index in [0.717, 1.165) is 29.5 Å². The molecule has 1 heterocycles. The topological polar surface area (TPSA) is 113 Å². The van der Waals surface area contributed by atoms with E-state index in [-0.39, 0.29) is 25.4 Å². The zero-order valence-electron chi connectivity index (χ0n) is 21.9. The Balaban J connectivity index is 1.57. The number of nitrogens with zero attached hydrogens (tertiary/aromatic N) is 1. The van der Waals surface area contributed by atoms with Crippen LogP contribution >= 0.6 is 0 Å². The van der Waals surface area contributed by atoms with Gasteiger partial charge in [0.1, 0.15) is 12.1 Å². The molecule has 1 saturated heterocycles. The van der Waals surface area contributed by atoms with Gasteiger partial charge in [-0.1, -0.05) is 67.4 Å². The van der Waals surface area contributed by atoms with E-state index in [1.807, 2.05) is 54.6 Å². The van der Waals surface area contributed by atoms with Crippen LogP contribution in [0.4, 0.5) is 0 Å². The molecule has 1 unspecified atom stereocenters. The molecule has 2 fully saturated rings. The van der Waals surface area contributed by atoms with Crippen LogP contribution in [0.1, 0.15) is 57.4 Å². The maximum absolute atomic E-state index is 13.7. The van der Waals surface area contributed by atoms with Crippen LogP contribution in [0.5, 0.6) is 0 Å². The van der Waals surface area contributed by atoms with Gasteiger partial charge >= 0.3 is 11.9 Å². The van der Waals surface area contributed by atoms with Gasteiger partial charge in [0, 0.05) is 13.0 Å². The van der Waals surface area contributed by atoms with Gasteiger partial charge in [0.25, 0.3) is 0 Å². The predicted octanol–water partition coefficient (Wildman–Crippen LogP) is 3.97. The first-order valence-electron chi connectivity index (χ1n) is 13.5. The van der Waals surface area contributed by atoms with Crippen molar-refractivity contribution in [1.82, 2.24) is 10.2 Å². The van der Waals surface area contributed by atoms with E-state index in [4.69, 9.17) is 4.74 Å². The van der Waals surface area contributed by atoms with Gasteiger partial charge in [-0.2, -0.15) is 0 Å². The monoisotopic (exact) mass is 520 g/mol. The summed E-state index contributed by atoms with van der Waals surface area (Å²) in [6, 6.07) is 15.9. The zero-order chi connectivity index (χ0) is 27.1. The Labute approximate surface area is 223 Å². The summed E-state index contributed by atoms with van der Waals surface area (Å²) >= 11 is 0. The largest absolute Gasteiger partial charge is 0.480 e. The summed E-state index contributed by atoms with van der Waals surface area (Å²) in [5.74, 6) is -2.20. The molecule has 1 saturated carbocycles. The standard InChI is InChI=1S/C30H36N2O6/c1-2-38-26(33)20-30(16-6-7-17-30)29(37)31-24(27(34)32-18-8-11-25(32)28(35)36)19-21-12-14-23(15-13-21)22-9-4-3-5-10-22/h3-5,9-10,12-15,24-25H,2,6-8,11,16-20H2,1H3,(H,31,37)(H,35,36)/t24-,25?/m0/s1. The van der Waals surface area contributed by atoms with Gasteiger partial charge in [0.2, 0.25) is 11.8 Å². The summed E-state index contributed by atoms with van der Waals surface area (Å²) in [4.78, 5) is 52.9. The van der Waals surface area contributed by atoms with Gasteiger partial charge in [0.15, 0.2) is 0 Å². The van der Waals surface area contributed by atoms with Gasteiger partial charge in [-0.25, -0.2) is 4.79 Å². The predicted molar refractivity (Wildman–Crippen MR) is 142 cm³/mol. The minimum atomic E-state index is -1.04. The van der Waals surface area contributed by atoms with Crippen LogP contribution in [-0.2, 0) is 30.3 Å². The molecular weight excluding hydrogens is 484 g/mol. The molecule has 1 aliphatic heterocycles. The van der Waals surface area contributed by atoms with Crippen molar-refractivity contribution in [3.8, 4) is 11.1 Å². The van der Waals surface area contributed by atoms with Gasteiger partial charge < -0.3 is 20.1 Å². The van der Waals surface area contributed by atoms with E-state index in [9.17, 15) is 24.3 Å². The van der Waals surface area contributed by atoms with Crippen molar-refractivity contribution in [3.05, 3.63) is 60.2 Å². The number of esters is 1. The lowest BCUT2D eigenvalue weighted by molar-refractivity contribution is -0.152. The molecule has 2 amide bonds. The zero-order valence-corrected chi connectivity index (χ0v) is 21.9. The van der Waals surface area contributed by atoms with Crippen LogP contribution in [0.25, 0.3) is 11.1 Å². The molecule has 2 aromatic rings. The molecule has 1 aliphatic carbocycles. The third-order valence-corrected chi connectivity index (χ3v) is 7.76. The molecule has 8 heteroatoms. The molecule has 2 N–H and O–H groups in total. The second-order valence-electron chi connectivity index (χ2n) is 10.3. The Morgan fingerprint density at radius 1 is 1.00 bits per heavy atom. The van der Waals surface area contributed by atoms with Crippen LogP contribution in [0.15, 0.2) is 54.6 Å². The van der Waals surface area contributed by atoms with Crippen LogP contribution in [0, 0.1) is 5.41 Å². The van der Waals surface area contributed by atoms with Gasteiger partial charge in [-0.15, -0.1) is 0 Å². The second-order valence-corrected chi connectivity index (χ2v) is 10.3. The fourth-order valence-electron chi connectivity index (χ4n) is 5.72. The number of nitrogens with one attached hydrogen (secondary N) is 1. The van der Waals surface area contributed by atoms with Crippen molar-refractivity contribution >= 4 is 23.8 Å². The molecule has 0 bridgehead atoms. The fourth-order valence-corrected chi connectivity index (χ4v) is 5.72. The van der Waals surface area contributed by atoms with E-state index in [2.05, 4.69) is 5.32 Å². The molecule has 8 nitrogen and oxygen atoms in total. The van der Waals surface area contributed by atoms with Crippen LogP contribution in [0.2, 0.25) is 0 Å². The number of carbonyl (C=O) groups is 4. The van der Waals surface area contributed by atoms with Crippen LogP contribution in [-0.4, -0.2) is 59.0 Å². The molecule has 2 atom stereocenters. The number of rotatable bonds is 10. The van der Waals surface area contributed by atoms with E-state index in [0.29, 0.717) is 32.2 Å². The summed E-state index contributed by atoms with van der Waals surface area (Å²) < 4.78 is 5.14. The summed E-state index contributed by atoms with van der Waals surface area (Å²) in [7, 11) is 0. The van der Waals surface area contributed by atoms with E-state index >= 15 is 0 Å². The fraction of sp³-hybridized carbons (Fsp3) is 0.467. The highest BCUT2D eigenvalue weighted by molar-refractivity contribution is 5.94. The number of hydrogen-bond acceptors (Lipinski definition) is 5. The lowest BCUT2D eigenvalue weighted by Gasteiger charge is -2.32. The molecule has 0 aromatic heterocycles. The van der Waals surface area contributed by atoms with E-state index < -0.39 is 35.3 Å². The number of ether oxygens (including phenoxy) is 1. The highest BCUT2D eigenvalue weighted by atomic mass is 16.5. The lowest BCUT2D eigenvalue weighted by Crippen LogP contribution is -2.55. The Bertz CT molecular complexity index is 1140. The van der Waals surface area contributed by atoms with Crippen molar-refractivity contribution < 1.29 is 29.0 Å². The quantitative estimate of drug-likeness (QED) is 0.459. The van der Waals surface area contributed by atoms with Crippen LogP contribution in [0.3, 0.4) is 0 Å². The number of likely N-dealkylation sites (tertiary alicyclic amines) is 1. The van der Waals surface area contributed by atoms with Crippen LogP contribution < -0.4 is 5.32 Å². The summed E-state index contributed by atoms with van der Waals surface area (Å²) in [5.41, 5.74) is 2.04. The summed E-state index contributed by atoms with van der Waals surface area (Å²) in [6.07, 6.45) is 3.91. The first-order valence-corrected chi connectivity index (χ1v) is 13.5. The minimum Gasteiger partial charge on any atom is -0.480 e. The van der Waals surface area contributed by atoms with Crippen molar-refractivity contribution in [1.29, 1.82) is 0 Å². The smallest absolute Gasteiger partial charge is 0.326 e. The molecule has 0 spiro atoms. The number of amides is 2. The molecular formula is C30H36N2O6. The molecule has 202 valence electrons. The maximum atomic E-state index is 13.7. The Hall–Kier alpha value is -3.68. The summed E-state index contributed by atoms with van der Waals surface area (Å²) in [6.45, 7) is 2.30. The number of hydrogen-bond donors (Lipinski definition) is 2. The first kappa shape index (κ1) is 27.4. The maximum Gasteiger partial charge on any atom is 0.326 e. The first-order chi connectivity index (χ1) is 18.3.